The van der Waals surface area contributed by atoms with Crippen LogP contribution in [0, 0.1) is 6.92 Å². The van der Waals surface area contributed by atoms with Crippen LogP contribution in [0.5, 0.6) is 5.75 Å². The second-order valence-electron chi connectivity index (χ2n) is 6.63. The van der Waals surface area contributed by atoms with Gasteiger partial charge in [-0.3, -0.25) is 4.79 Å². The molecular formula is C20H25ClN3O2+. The van der Waals surface area contributed by atoms with Gasteiger partial charge in [0.05, 0.1) is 33.3 Å². The first-order valence-electron chi connectivity index (χ1n) is 8.84. The normalized spacial score (nSPS) is 15.0. The number of rotatable bonds is 5. The van der Waals surface area contributed by atoms with Gasteiger partial charge >= 0.3 is 0 Å². The van der Waals surface area contributed by atoms with Crippen LogP contribution in [0.2, 0.25) is 5.02 Å². The standard InChI is InChI=1S/C20H24ClN3O2/c1-15-6-7-16(12-19(15)21)22-20(25)14-23-8-10-24(11-9-23)17-4-3-5-18(13-17)26-2/h3-7,12-13H,8-11,14H2,1-2H3,(H,22,25)/p+1. The Balaban J connectivity index is 1.50. The van der Waals surface area contributed by atoms with E-state index in [1.807, 2.05) is 31.2 Å². The van der Waals surface area contributed by atoms with E-state index in [9.17, 15) is 4.79 Å². The van der Waals surface area contributed by atoms with Gasteiger partial charge in [0.1, 0.15) is 5.75 Å². The lowest BCUT2D eigenvalue weighted by Gasteiger charge is -2.33. The molecule has 0 spiro atoms. The molecule has 2 N–H and O–H groups in total. The molecule has 26 heavy (non-hydrogen) atoms. The maximum atomic E-state index is 12.3. The van der Waals surface area contributed by atoms with Crippen molar-refractivity contribution in [3.8, 4) is 5.75 Å². The minimum absolute atomic E-state index is 0.0229. The van der Waals surface area contributed by atoms with E-state index in [2.05, 4.69) is 22.3 Å². The molecule has 6 heteroatoms. The Hall–Kier alpha value is -2.24. The lowest BCUT2D eigenvalue weighted by Crippen LogP contribution is -3.15. The molecule has 0 atom stereocenters. The average molecular weight is 375 g/mol. The number of anilines is 2. The number of hydrogen-bond acceptors (Lipinski definition) is 3. The third kappa shape index (κ3) is 4.68. The molecule has 0 aromatic heterocycles. The van der Waals surface area contributed by atoms with Crippen LogP contribution in [0.15, 0.2) is 42.5 Å². The molecule has 0 saturated carbocycles. The Morgan fingerprint density at radius 3 is 2.69 bits per heavy atom. The van der Waals surface area contributed by atoms with E-state index in [4.69, 9.17) is 16.3 Å². The number of carbonyl (C=O) groups is 1. The van der Waals surface area contributed by atoms with Gasteiger partial charge in [-0.15, -0.1) is 0 Å². The van der Waals surface area contributed by atoms with Crippen molar-refractivity contribution in [3.63, 3.8) is 0 Å². The molecule has 2 aromatic carbocycles. The molecule has 1 saturated heterocycles. The molecule has 1 aliphatic rings. The molecule has 1 amide bonds. The van der Waals surface area contributed by atoms with Crippen LogP contribution in [0.25, 0.3) is 0 Å². The number of quaternary nitrogens is 1. The minimum Gasteiger partial charge on any atom is -0.497 e. The van der Waals surface area contributed by atoms with Gasteiger partial charge in [0.2, 0.25) is 0 Å². The maximum absolute atomic E-state index is 12.3. The summed E-state index contributed by atoms with van der Waals surface area (Å²) in [6, 6.07) is 13.7. The number of hydrogen-bond donors (Lipinski definition) is 2. The van der Waals surface area contributed by atoms with E-state index in [0.717, 1.165) is 43.2 Å². The zero-order valence-electron chi connectivity index (χ0n) is 15.2. The molecule has 1 fully saturated rings. The number of methoxy groups -OCH3 is 1. The summed E-state index contributed by atoms with van der Waals surface area (Å²) in [6.45, 7) is 6.12. The van der Waals surface area contributed by atoms with E-state index in [1.165, 1.54) is 10.6 Å². The Bertz CT molecular complexity index is 773. The van der Waals surface area contributed by atoms with Crippen molar-refractivity contribution in [1.82, 2.24) is 0 Å². The Kier molecular flexibility index (Phi) is 6.01. The van der Waals surface area contributed by atoms with Crippen LogP contribution in [-0.2, 0) is 4.79 Å². The van der Waals surface area contributed by atoms with Crippen molar-refractivity contribution >= 4 is 28.9 Å². The zero-order chi connectivity index (χ0) is 18.5. The van der Waals surface area contributed by atoms with E-state index in [1.54, 1.807) is 13.2 Å². The quantitative estimate of drug-likeness (QED) is 0.841. The summed E-state index contributed by atoms with van der Waals surface area (Å²) in [5.74, 6) is 0.892. The van der Waals surface area contributed by atoms with Gasteiger partial charge in [-0.2, -0.15) is 0 Å². The third-order valence-electron chi connectivity index (χ3n) is 4.76. The minimum atomic E-state index is 0.0229. The van der Waals surface area contributed by atoms with Crippen molar-refractivity contribution in [2.45, 2.75) is 6.92 Å². The van der Waals surface area contributed by atoms with Crippen LogP contribution < -0.4 is 19.9 Å². The Morgan fingerprint density at radius 1 is 1.23 bits per heavy atom. The van der Waals surface area contributed by atoms with E-state index < -0.39 is 0 Å². The summed E-state index contributed by atoms with van der Waals surface area (Å²) < 4.78 is 5.30. The molecule has 0 unspecified atom stereocenters. The summed E-state index contributed by atoms with van der Waals surface area (Å²) in [4.78, 5) is 15.9. The van der Waals surface area contributed by atoms with E-state index in [0.29, 0.717) is 11.6 Å². The number of halogens is 1. The number of carbonyl (C=O) groups excluding carboxylic acids is 1. The van der Waals surface area contributed by atoms with Gasteiger partial charge in [-0.05, 0) is 36.8 Å². The second kappa shape index (κ2) is 8.43. The topological polar surface area (TPSA) is 46.0 Å². The second-order valence-corrected chi connectivity index (χ2v) is 7.03. The molecule has 0 bridgehead atoms. The monoisotopic (exact) mass is 374 g/mol. The molecule has 3 rings (SSSR count). The van der Waals surface area contributed by atoms with Crippen LogP contribution >= 0.6 is 11.6 Å². The Labute approximate surface area is 159 Å². The van der Waals surface area contributed by atoms with Gasteiger partial charge in [0, 0.05) is 22.5 Å². The van der Waals surface area contributed by atoms with Gasteiger partial charge in [0.15, 0.2) is 6.54 Å². The number of piperazine rings is 1. The first-order chi connectivity index (χ1) is 12.5. The highest BCUT2D eigenvalue weighted by Crippen LogP contribution is 2.21. The van der Waals surface area contributed by atoms with Gasteiger partial charge < -0.3 is 19.9 Å². The predicted molar refractivity (Wildman–Crippen MR) is 106 cm³/mol. The highest BCUT2D eigenvalue weighted by Gasteiger charge is 2.22. The van der Waals surface area contributed by atoms with Crippen LogP contribution in [-0.4, -0.2) is 45.7 Å². The number of benzene rings is 2. The summed E-state index contributed by atoms with van der Waals surface area (Å²) in [5, 5.41) is 3.61. The Morgan fingerprint density at radius 2 is 2.00 bits per heavy atom. The summed E-state index contributed by atoms with van der Waals surface area (Å²) in [6.07, 6.45) is 0. The molecule has 2 aromatic rings. The van der Waals surface area contributed by atoms with Crippen LogP contribution in [0.4, 0.5) is 11.4 Å². The lowest BCUT2D eigenvalue weighted by atomic mass is 10.2. The summed E-state index contributed by atoms with van der Waals surface area (Å²) >= 11 is 6.11. The smallest absolute Gasteiger partial charge is 0.279 e. The number of nitrogens with zero attached hydrogens (tertiary/aromatic N) is 1. The van der Waals surface area contributed by atoms with Gasteiger partial charge in [0.25, 0.3) is 5.91 Å². The van der Waals surface area contributed by atoms with Crippen molar-refractivity contribution in [1.29, 1.82) is 0 Å². The van der Waals surface area contributed by atoms with Gasteiger partial charge in [-0.1, -0.05) is 23.7 Å². The number of ether oxygens (including phenoxy) is 1. The highest BCUT2D eigenvalue weighted by atomic mass is 35.5. The maximum Gasteiger partial charge on any atom is 0.279 e. The number of aryl methyl sites for hydroxylation is 1. The number of nitrogens with one attached hydrogen (secondary N) is 2. The SMILES string of the molecule is COc1cccc(N2CC[NH+](CC(=O)Nc3ccc(C)c(Cl)c3)CC2)c1. The van der Waals surface area contributed by atoms with Crippen molar-refractivity contribution in [3.05, 3.63) is 53.1 Å². The molecule has 5 nitrogen and oxygen atoms in total. The van der Waals surface area contributed by atoms with Crippen molar-refractivity contribution in [2.24, 2.45) is 0 Å². The fraction of sp³-hybridized carbons (Fsp3) is 0.350. The van der Waals surface area contributed by atoms with Crippen molar-refractivity contribution < 1.29 is 14.4 Å². The average Bonchev–Trinajstić information content (AvgIpc) is 2.65. The fourth-order valence-electron chi connectivity index (χ4n) is 3.17. The highest BCUT2D eigenvalue weighted by molar-refractivity contribution is 6.31. The predicted octanol–water partition coefficient (Wildman–Crippen LogP) is 2.00. The van der Waals surface area contributed by atoms with Crippen molar-refractivity contribution in [2.75, 3.05) is 50.1 Å². The summed E-state index contributed by atoms with van der Waals surface area (Å²) in [7, 11) is 1.68. The molecule has 0 radical (unpaired) electrons. The molecule has 1 heterocycles. The zero-order valence-corrected chi connectivity index (χ0v) is 16.0. The van der Waals surface area contributed by atoms with E-state index >= 15 is 0 Å². The first kappa shape index (κ1) is 18.5. The molecule has 1 aliphatic heterocycles. The largest absolute Gasteiger partial charge is 0.497 e. The van der Waals surface area contributed by atoms with Crippen LogP contribution in [0.3, 0.4) is 0 Å². The van der Waals surface area contributed by atoms with E-state index in [-0.39, 0.29) is 5.91 Å². The third-order valence-corrected chi connectivity index (χ3v) is 5.16. The first-order valence-corrected chi connectivity index (χ1v) is 9.21. The molecule has 0 aliphatic carbocycles. The van der Waals surface area contributed by atoms with Crippen LogP contribution in [0.1, 0.15) is 5.56 Å². The number of amides is 1. The summed E-state index contributed by atoms with van der Waals surface area (Å²) in [5.41, 5.74) is 2.92. The van der Waals surface area contributed by atoms with Gasteiger partial charge in [-0.25, -0.2) is 0 Å². The lowest BCUT2D eigenvalue weighted by molar-refractivity contribution is -0.892. The molecular weight excluding hydrogens is 350 g/mol. The fourth-order valence-corrected chi connectivity index (χ4v) is 3.35. The molecule has 138 valence electrons.